The number of hydrogen-bond donors (Lipinski definition) is 1. The second-order valence-corrected chi connectivity index (χ2v) is 4.57. The summed E-state index contributed by atoms with van der Waals surface area (Å²) in [5.74, 6) is -2.49. The van der Waals surface area contributed by atoms with Crippen LogP contribution in [0.3, 0.4) is 0 Å². The molecule has 1 atom stereocenters. The molecule has 1 aromatic carbocycles. The average molecular weight is 307 g/mol. The third-order valence-corrected chi connectivity index (χ3v) is 3.23. The molecule has 0 spiro atoms. The van der Waals surface area contributed by atoms with Crippen LogP contribution in [0, 0.1) is 5.82 Å². The second-order valence-electron chi connectivity index (χ2n) is 4.57. The maximum atomic E-state index is 13.9. The van der Waals surface area contributed by atoms with Crippen molar-refractivity contribution in [1.29, 1.82) is 0 Å². The molecule has 0 bridgehead atoms. The van der Waals surface area contributed by atoms with Crippen LogP contribution in [0.4, 0.5) is 17.6 Å². The molecule has 8 heteroatoms. The van der Waals surface area contributed by atoms with Gasteiger partial charge in [0.2, 0.25) is 0 Å². The van der Waals surface area contributed by atoms with Gasteiger partial charge in [-0.2, -0.15) is 13.2 Å². The molecule has 1 aliphatic rings. The Morgan fingerprint density at radius 3 is 2.76 bits per heavy atom. The monoisotopic (exact) mass is 307 g/mol. The van der Waals surface area contributed by atoms with Crippen LogP contribution in [-0.4, -0.2) is 48.3 Å². The molecule has 1 N–H and O–H groups in total. The Bertz CT molecular complexity index is 533. The van der Waals surface area contributed by atoms with E-state index in [-0.39, 0.29) is 19.8 Å². The van der Waals surface area contributed by atoms with Crippen molar-refractivity contribution >= 4 is 5.91 Å². The van der Waals surface area contributed by atoms with Crippen molar-refractivity contribution in [3.63, 3.8) is 0 Å². The van der Waals surface area contributed by atoms with E-state index in [0.29, 0.717) is 6.07 Å². The number of aliphatic hydroxyl groups excluding tert-OH is 1. The molecular weight excluding hydrogens is 294 g/mol. The minimum Gasteiger partial charge on any atom is -0.394 e. The number of morpholine rings is 1. The van der Waals surface area contributed by atoms with Crippen LogP contribution < -0.4 is 0 Å². The zero-order valence-corrected chi connectivity index (χ0v) is 10.9. The number of amides is 1. The number of rotatable bonds is 2. The van der Waals surface area contributed by atoms with E-state index < -0.39 is 41.7 Å². The first kappa shape index (κ1) is 15.7. The third-order valence-electron chi connectivity index (χ3n) is 3.23. The van der Waals surface area contributed by atoms with Crippen molar-refractivity contribution in [2.45, 2.75) is 12.2 Å². The molecule has 0 saturated carbocycles. The van der Waals surface area contributed by atoms with E-state index in [1.54, 1.807) is 0 Å². The molecule has 1 unspecified atom stereocenters. The van der Waals surface area contributed by atoms with Crippen LogP contribution >= 0.6 is 0 Å². The highest BCUT2D eigenvalue weighted by molar-refractivity contribution is 5.95. The number of nitrogens with zero attached hydrogens (tertiary/aromatic N) is 1. The highest BCUT2D eigenvalue weighted by atomic mass is 19.4. The molecule has 0 aromatic heterocycles. The first-order valence-corrected chi connectivity index (χ1v) is 6.21. The summed E-state index contributed by atoms with van der Waals surface area (Å²) in [5, 5.41) is 9.16. The van der Waals surface area contributed by atoms with Crippen LogP contribution in [0.2, 0.25) is 0 Å². The molecule has 1 aromatic rings. The van der Waals surface area contributed by atoms with Gasteiger partial charge in [0.1, 0.15) is 5.82 Å². The van der Waals surface area contributed by atoms with Crippen molar-refractivity contribution in [2.75, 3.05) is 26.4 Å². The predicted octanol–water partition coefficient (Wildman–Crippen LogP) is 1.68. The summed E-state index contributed by atoms with van der Waals surface area (Å²) in [7, 11) is 0. The Hall–Kier alpha value is -1.67. The molecule has 1 saturated heterocycles. The number of carbonyl (C=O) groups is 1. The molecule has 1 heterocycles. The first-order chi connectivity index (χ1) is 9.86. The molecule has 1 amide bonds. The van der Waals surface area contributed by atoms with Crippen LogP contribution in [0.5, 0.6) is 0 Å². The summed E-state index contributed by atoms with van der Waals surface area (Å²) in [6.07, 6.45) is -4.87. The highest BCUT2D eigenvalue weighted by Crippen LogP contribution is 2.32. The van der Waals surface area contributed by atoms with Gasteiger partial charge in [0.15, 0.2) is 0 Å². The van der Waals surface area contributed by atoms with Crippen molar-refractivity contribution in [3.05, 3.63) is 35.1 Å². The lowest BCUT2D eigenvalue weighted by Crippen LogP contribution is -2.50. The van der Waals surface area contributed by atoms with Crippen LogP contribution in [0.15, 0.2) is 18.2 Å². The summed E-state index contributed by atoms with van der Waals surface area (Å²) in [6.45, 7) is -0.0856. The largest absolute Gasteiger partial charge is 0.419 e. The van der Waals surface area contributed by atoms with Gasteiger partial charge < -0.3 is 14.7 Å². The third kappa shape index (κ3) is 3.16. The zero-order valence-electron chi connectivity index (χ0n) is 10.9. The van der Waals surface area contributed by atoms with E-state index >= 15 is 0 Å². The number of alkyl halides is 3. The van der Waals surface area contributed by atoms with Crippen LogP contribution in [0.1, 0.15) is 15.9 Å². The molecule has 1 fully saturated rings. The molecule has 1 aliphatic heterocycles. The fourth-order valence-electron chi connectivity index (χ4n) is 2.14. The van der Waals surface area contributed by atoms with E-state index in [4.69, 9.17) is 9.84 Å². The number of halogens is 4. The lowest BCUT2D eigenvalue weighted by molar-refractivity contribution is -0.140. The average Bonchev–Trinajstić information content (AvgIpc) is 2.45. The summed E-state index contributed by atoms with van der Waals surface area (Å²) >= 11 is 0. The summed E-state index contributed by atoms with van der Waals surface area (Å²) in [5.41, 5.74) is -2.15. The van der Waals surface area contributed by atoms with E-state index in [2.05, 4.69) is 0 Å². The fourth-order valence-corrected chi connectivity index (χ4v) is 2.14. The van der Waals surface area contributed by atoms with Crippen molar-refractivity contribution in [1.82, 2.24) is 4.90 Å². The van der Waals surface area contributed by atoms with Crippen LogP contribution in [-0.2, 0) is 10.9 Å². The van der Waals surface area contributed by atoms with Gasteiger partial charge in [-0.3, -0.25) is 4.79 Å². The normalized spacial score (nSPS) is 19.7. The molecule has 21 heavy (non-hydrogen) atoms. The summed E-state index contributed by atoms with van der Waals surface area (Å²) < 4.78 is 57.0. The smallest absolute Gasteiger partial charge is 0.394 e. The van der Waals surface area contributed by atoms with E-state index in [0.717, 1.165) is 17.0 Å². The summed E-state index contributed by atoms with van der Waals surface area (Å²) in [6, 6.07) is 1.86. The van der Waals surface area contributed by atoms with Crippen molar-refractivity contribution in [3.8, 4) is 0 Å². The summed E-state index contributed by atoms with van der Waals surface area (Å²) in [4.78, 5) is 13.3. The zero-order chi connectivity index (χ0) is 15.6. The van der Waals surface area contributed by atoms with Gasteiger partial charge in [-0.1, -0.05) is 6.07 Å². The van der Waals surface area contributed by atoms with E-state index in [9.17, 15) is 22.4 Å². The maximum Gasteiger partial charge on any atom is 0.419 e. The molecule has 0 radical (unpaired) electrons. The highest BCUT2D eigenvalue weighted by Gasteiger charge is 2.37. The quantitative estimate of drug-likeness (QED) is 0.846. The minimum atomic E-state index is -4.87. The number of aliphatic hydroxyl groups is 1. The molecule has 2 rings (SSSR count). The van der Waals surface area contributed by atoms with E-state index in [1.165, 1.54) is 0 Å². The fraction of sp³-hybridized carbons (Fsp3) is 0.462. The lowest BCUT2D eigenvalue weighted by atomic mass is 10.1. The lowest BCUT2D eigenvalue weighted by Gasteiger charge is -2.34. The van der Waals surface area contributed by atoms with Crippen molar-refractivity contribution in [2.24, 2.45) is 0 Å². The Morgan fingerprint density at radius 2 is 2.14 bits per heavy atom. The SMILES string of the molecule is O=C(c1cccc(C(F)(F)F)c1F)N1CCOCC1CO. The van der Waals surface area contributed by atoms with Gasteiger partial charge in [0.05, 0.1) is 37.0 Å². The minimum absolute atomic E-state index is 0.0584. The Labute approximate surface area is 117 Å². The number of benzene rings is 1. The molecule has 116 valence electrons. The van der Waals surface area contributed by atoms with Crippen molar-refractivity contribution < 1.29 is 32.2 Å². The molecule has 4 nitrogen and oxygen atoms in total. The van der Waals surface area contributed by atoms with Gasteiger partial charge >= 0.3 is 6.18 Å². The standard InChI is InChI=1S/C13H13F4NO3/c14-11-9(2-1-3-10(11)13(15,16)17)12(20)18-4-5-21-7-8(18)6-19/h1-3,8,19H,4-7H2. The number of carbonyl (C=O) groups excluding carboxylic acids is 1. The topological polar surface area (TPSA) is 49.8 Å². The Kier molecular flexibility index (Phi) is 4.48. The van der Waals surface area contributed by atoms with Gasteiger partial charge in [-0.25, -0.2) is 4.39 Å². The Morgan fingerprint density at radius 1 is 1.43 bits per heavy atom. The molecule has 0 aliphatic carbocycles. The van der Waals surface area contributed by atoms with Crippen LogP contribution in [0.25, 0.3) is 0 Å². The van der Waals surface area contributed by atoms with Gasteiger partial charge in [-0.15, -0.1) is 0 Å². The van der Waals surface area contributed by atoms with Gasteiger partial charge in [-0.05, 0) is 12.1 Å². The second kappa shape index (κ2) is 5.98. The maximum absolute atomic E-state index is 13.9. The van der Waals surface area contributed by atoms with E-state index in [1.807, 2.05) is 0 Å². The number of hydrogen-bond acceptors (Lipinski definition) is 3. The number of ether oxygens (including phenoxy) is 1. The Balaban J connectivity index is 2.35. The first-order valence-electron chi connectivity index (χ1n) is 6.21. The van der Waals surface area contributed by atoms with Gasteiger partial charge in [0.25, 0.3) is 5.91 Å². The molecular formula is C13H13F4NO3. The van der Waals surface area contributed by atoms with Gasteiger partial charge in [0, 0.05) is 6.54 Å². The predicted molar refractivity (Wildman–Crippen MR) is 64.1 cm³/mol.